The fourth-order valence-corrected chi connectivity index (χ4v) is 3.95. The van der Waals surface area contributed by atoms with E-state index in [-0.39, 0.29) is 16.0 Å². The van der Waals surface area contributed by atoms with E-state index in [9.17, 15) is 9.76 Å². The van der Waals surface area contributed by atoms with Crippen LogP contribution in [0.15, 0.2) is 29.4 Å². The van der Waals surface area contributed by atoms with Crippen LogP contribution in [0.3, 0.4) is 0 Å². The number of aromatic nitrogens is 1. The number of methoxy groups -OCH3 is 2. The Kier molecular flexibility index (Phi) is 4.96. The Bertz CT molecular complexity index is 841. The van der Waals surface area contributed by atoms with Gasteiger partial charge in [0.2, 0.25) is 0 Å². The van der Waals surface area contributed by atoms with Gasteiger partial charge in [-0.05, 0) is 19.9 Å². The van der Waals surface area contributed by atoms with Crippen LogP contribution in [0.2, 0.25) is 0 Å². The van der Waals surface area contributed by atoms with Gasteiger partial charge in [0, 0.05) is 29.5 Å². The normalized spacial score (nSPS) is 17.0. The highest BCUT2D eigenvalue weighted by Gasteiger charge is 2.35. The van der Waals surface area contributed by atoms with Crippen molar-refractivity contribution >= 4 is 27.7 Å². The number of aliphatic imine (C=N–C) groups is 1. The van der Waals surface area contributed by atoms with E-state index in [4.69, 9.17) is 9.47 Å². The van der Waals surface area contributed by atoms with Gasteiger partial charge in [-0.1, -0.05) is 0 Å². The van der Waals surface area contributed by atoms with Crippen molar-refractivity contribution in [1.29, 1.82) is 0 Å². The summed E-state index contributed by atoms with van der Waals surface area (Å²) >= 11 is -1.60. The predicted octanol–water partition coefficient (Wildman–Crippen LogP) is 1.68. The van der Waals surface area contributed by atoms with E-state index in [2.05, 4.69) is 9.98 Å². The van der Waals surface area contributed by atoms with Crippen LogP contribution in [0.25, 0.3) is 0 Å². The number of amidine groups is 1. The van der Waals surface area contributed by atoms with Gasteiger partial charge in [0.05, 0.1) is 31.1 Å². The number of aryl methyl sites for hydroxylation is 1. The third-order valence-electron chi connectivity index (χ3n) is 4.10. The van der Waals surface area contributed by atoms with E-state index in [0.29, 0.717) is 22.8 Å². The number of nitrogens with zero attached hydrogens (tertiary/aromatic N) is 2. The third kappa shape index (κ3) is 3.21. The first-order chi connectivity index (χ1) is 12.0. The molecule has 1 aliphatic rings. The number of rotatable bonds is 4. The maximum Gasteiger partial charge on any atom is 0.415 e. The van der Waals surface area contributed by atoms with Crippen LogP contribution in [0.4, 0.5) is 11.4 Å². The molecule has 7 nitrogen and oxygen atoms in total. The van der Waals surface area contributed by atoms with Crippen LogP contribution in [-0.2, 0) is 16.9 Å². The monoisotopic (exact) mass is 361 g/mol. The average Bonchev–Trinajstić information content (AvgIpc) is 2.94. The van der Waals surface area contributed by atoms with Gasteiger partial charge in [-0.2, -0.15) is 0 Å². The molecule has 0 fully saturated rings. The summed E-state index contributed by atoms with van der Waals surface area (Å²) in [4.78, 5) is 8.60. The number of hydrogen-bond acceptors (Lipinski definition) is 6. The molecule has 2 atom stereocenters. The summed E-state index contributed by atoms with van der Waals surface area (Å²) in [6.07, 6.45) is 1.68. The number of hydrogen-bond donors (Lipinski definition) is 1. The number of ether oxygens (including phenoxy) is 2. The molecule has 1 aromatic heterocycles. The Balaban J connectivity index is 1.86. The minimum Gasteiger partial charge on any atom is -0.619 e. The number of nitrogens with one attached hydrogen (secondary N) is 1. The molecule has 0 saturated heterocycles. The first-order valence-corrected chi connectivity index (χ1v) is 8.97. The summed E-state index contributed by atoms with van der Waals surface area (Å²) in [7, 11) is 3.13. The Morgan fingerprint density at radius 2 is 1.96 bits per heavy atom. The Hall–Kier alpha value is -2.13. The fourth-order valence-electron chi connectivity index (χ4n) is 2.76. The minimum atomic E-state index is -1.60. The fraction of sp³-hybridized carbons (Fsp3) is 0.294. The van der Waals surface area contributed by atoms with Crippen molar-refractivity contribution in [3.05, 3.63) is 46.4 Å². The lowest BCUT2D eigenvalue weighted by Gasteiger charge is -2.19. The SMILES string of the molecule is COc1ccc2c(c1)N=C([S+]([O-])Cc1ncc(C)c(OC)c1C)[NH+]2[O-]. The zero-order chi connectivity index (χ0) is 18.1. The molecule has 25 heavy (non-hydrogen) atoms. The molecule has 132 valence electrons. The van der Waals surface area contributed by atoms with Crippen LogP contribution < -0.4 is 14.5 Å². The largest absolute Gasteiger partial charge is 0.619 e. The van der Waals surface area contributed by atoms with Gasteiger partial charge >= 0.3 is 5.17 Å². The van der Waals surface area contributed by atoms with Crippen LogP contribution in [0.5, 0.6) is 11.5 Å². The summed E-state index contributed by atoms with van der Waals surface area (Å²) in [6.45, 7) is 3.76. The van der Waals surface area contributed by atoms with Crippen LogP contribution in [0, 0.1) is 19.1 Å². The predicted molar refractivity (Wildman–Crippen MR) is 96.2 cm³/mol. The van der Waals surface area contributed by atoms with E-state index in [1.54, 1.807) is 38.6 Å². The van der Waals surface area contributed by atoms with Gasteiger partial charge in [-0.3, -0.25) is 4.98 Å². The summed E-state index contributed by atoms with van der Waals surface area (Å²) in [5.41, 5.74) is 3.28. The van der Waals surface area contributed by atoms with Crippen molar-refractivity contribution in [3.63, 3.8) is 0 Å². The van der Waals surface area contributed by atoms with Crippen LogP contribution in [0.1, 0.15) is 16.8 Å². The van der Waals surface area contributed by atoms with Crippen molar-refractivity contribution in [3.8, 4) is 11.5 Å². The highest BCUT2D eigenvalue weighted by Crippen LogP contribution is 2.31. The van der Waals surface area contributed by atoms with E-state index in [0.717, 1.165) is 16.9 Å². The van der Waals surface area contributed by atoms with E-state index < -0.39 is 11.2 Å². The number of benzene rings is 1. The summed E-state index contributed by atoms with van der Waals surface area (Å²) in [6, 6.07) is 4.99. The Morgan fingerprint density at radius 1 is 1.20 bits per heavy atom. The van der Waals surface area contributed by atoms with Crippen molar-refractivity contribution < 1.29 is 19.1 Å². The van der Waals surface area contributed by atoms with Gasteiger partial charge in [0.15, 0.2) is 11.4 Å². The molecular formula is C17H19N3O4S. The van der Waals surface area contributed by atoms with E-state index in [1.165, 1.54) is 0 Å². The quantitative estimate of drug-likeness (QED) is 0.660. The summed E-state index contributed by atoms with van der Waals surface area (Å²) in [5.74, 6) is 1.43. The molecule has 1 N–H and O–H groups in total. The molecule has 0 spiro atoms. The van der Waals surface area contributed by atoms with Gasteiger partial charge < -0.3 is 19.2 Å². The smallest absolute Gasteiger partial charge is 0.415 e. The zero-order valence-electron chi connectivity index (χ0n) is 14.5. The van der Waals surface area contributed by atoms with Crippen molar-refractivity contribution in [1.82, 2.24) is 4.98 Å². The second-order valence-electron chi connectivity index (χ2n) is 5.67. The number of fused-ring (bicyclic) bond motifs is 1. The first-order valence-electron chi connectivity index (χ1n) is 7.65. The van der Waals surface area contributed by atoms with Gasteiger partial charge in [0.25, 0.3) is 0 Å². The molecule has 2 heterocycles. The standard InChI is InChI=1S/C17H19N3O4S/c1-10-8-18-14(11(2)16(10)24-4)9-25(22)17-19-13-7-12(23-3)5-6-15(13)20(17)21/h5-8,20H,9H2,1-4H3. The lowest BCUT2D eigenvalue weighted by Crippen LogP contribution is -3.05. The zero-order valence-corrected chi connectivity index (χ0v) is 15.3. The van der Waals surface area contributed by atoms with Gasteiger partial charge in [-0.15, -0.1) is 4.99 Å². The molecule has 0 saturated carbocycles. The highest BCUT2D eigenvalue weighted by molar-refractivity contribution is 8.05. The maximum absolute atomic E-state index is 12.7. The van der Waals surface area contributed by atoms with Crippen molar-refractivity contribution in [2.75, 3.05) is 14.2 Å². The molecule has 2 aromatic rings. The number of hydroxylamine groups is 1. The second-order valence-corrected chi connectivity index (χ2v) is 7.03. The van der Waals surface area contributed by atoms with E-state index >= 15 is 0 Å². The maximum atomic E-state index is 12.7. The molecule has 8 heteroatoms. The first kappa shape index (κ1) is 17.7. The number of quaternary nitrogens is 1. The lowest BCUT2D eigenvalue weighted by atomic mass is 10.1. The van der Waals surface area contributed by atoms with Crippen LogP contribution >= 0.6 is 0 Å². The molecule has 0 aliphatic carbocycles. The average molecular weight is 361 g/mol. The van der Waals surface area contributed by atoms with Gasteiger partial charge in [-0.25, -0.2) is 5.06 Å². The highest BCUT2D eigenvalue weighted by atomic mass is 32.2. The second kappa shape index (κ2) is 7.01. The molecule has 2 unspecified atom stereocenters. The van der Waals surface area contributed by atoms with Gasteiger partial charge in [0.1, 0.15) is 17.2 Å². The minimum absolute atomic E-state index is 0.0454. The molecule has 0 bridgehead atoms. The summed E-state index contributed by atoms with van der Waals surface area (Å²) < 4.78 is 23.2. The Morgan fingerprint density at radius 3 is 2.64 bits per heavy atom. The molecule has 0 radical (unpaired) electrons. The molecule has 1 aliphatic heterocycles. The van der Waals surface area contributed by atoms with E-state index in [1.807, 2.05) is 13.8 Å². The number of pyridine rings is 1. The Labute approximate surface area is 149 Å². The topological polar surface area (TPSA) is 94.3 Å². The van der Waals surface area contributed by atoms with Crippen molar-refractivity contribution in [2.24, 2.45) is 4.99 Å². The lowest BCUT2D eigenvalue weighted by molar-refractivity contribution is -0.659. The molecule has 0 amide bonds. The molecular weight excluding hydrogens is 342 g/mol. The molecule has 3 rings (SSSR count). The summed E-state index contributed by atoms with van der Waals surface area (Å²) in [5, 5.41) is 12.2. The third-order valence-corrected chi connectivity index (χ3v) is 5.34. The molecule has 1 aromatic carbocycles. The van der Waals surface area contributed by atoms with Crippen LogP contribution in [-0.4, -0.2) is 28.9 Å². The van der Waals surface area contributed by atoms with Crippen molar-refractivity contribution in [2.45, 2.75) is 19.6 Å².